The molecule has 1 N–H and O–H groups in total. The van der Waals surface area contributed by atoms with Crippen LogP contribution in [0.4, 0.5) is 0 Å². The number of benzene rings is 2. The molecule has 0 saturated heterocycles. The molecule has 30 heavy (non-hydrogen) atoms. The molecule has 0 aliphatic carbocycles. The number of amides is 2. The van der Waals surface area contributed by atoms with Crippen molar-refractivity contribution in [1.82, 2.24) is 25.5 Å². The van der Waals surface area contributed by atoms with Crippen LogP contribution in [-0.2, 0) is 20.7 Å². The summed E-state index contributed by atoms with van der Waals surface area (Å²) in [4.78, 5) is 36.9. The van der Waals surface area contributed by atoms with Crippen molar-refractivity contribution in [2.24, 2.45) is 0 Å². The maximum Gasteiger partial charge on any atom is 0.331 e. The first-order chi connectivity index (χ1) is 14.6. The van der Waals surface area contributed by atoms with Gasteiger partial charge in [0.25, 0.3) is 11.8 Å². The number of methoxy groups -OCH3 is 1. The number of hydrogen-bond acceptors (Lipinski definition) is 8. The van der Waals surface area contributed by atoms with Crippen molar-refractivity contribution in [3.8, 4) is 5.75 Å². The number of esters is 1. The van der Waals surface area contributed by atoms with Crippen LogP contribution >= 0.6 is 0 Å². The molecule has 0 fully saturated rings. The molecule has 10 heteroatoms. The Morgan fingerprint density at radius 1 is 1.07 bits per heavy atom. The van der Waals surface area contributed by atoms with Crippen molar-refractivity contribution in [3.63, 3.8) is 0 Å². The number of tetrazole rings is 1. The number of hydrogen-bond donors (Lipinski definition) is 1. The number of carbonyl (C=O) groups excluding carboxylic acids is 3. The van der Waals surface area contributed by atoms with E-state index in [4.69, 9.17) is 9.47 Å². The summed E-state index contributed by atoms with van der Waals surface area (Å²) in [6.45, 7) is -0.632. The topological polar surface area (TPSA) is 125 Å². The number of para-hydroxylation sites is 1. The molecule has 3 rings (SSSR count). The number of ether oxygens (including phenoxy) is 2. The van der Waals surface area contributed by atoms with E-state index in [0.717, 1.165) is 5.56 Å². The zero-order valence-electron chi connectivity index (χ0n) is 16.1. The van der Waals surface area contributed by atoms with Gasteiger partial charge in [0.15, 0.2) is 12.6 Å². The van der Waals surface area contributed by atoms with Crippen LogP contribution in [0.15, 0.2) is 60.9 Å². The van der Waals surface area contributed by atoms with Gasteiger partial charge in [0.05, 0.1) is 12.7 Å². The van der Waals surface area contributed by atoms with Gasteiger partial charge in [0.2, 0.25) is 0 Å². The standard InChI is InChI=1S/C20H19N5O5/c1-29-17-10-6-5-9-15(17)19(27)22-18(26)12-30-20(28)16(25-13-21-23-24-25)11-14-7-3-2-4-8-14/h2-10,13,16H,11-12H2,1H3,(H,22,26,27)/t16-/m0/s1. The van der Waals surface area contributed by atoms with Crippen LogP contribution in [0.5, 0.6) is 5.75 Å². The van der Waals surface area contributed by atoms with Crippen LogP contribution in [0.2, 0.25) is 0 Å². The normalized spacial score (nSPS) is 11.4. The Morgan fingerprint density at radius 2 is 1.80 bits per heavy atom. The first-order valence-electron chi connectivity index (χ1n) is 8.98. The number of nitrogens with zero attached hydrogens (tertiary/aromatic N) is 4. The second-order valence-corrected chi connectivity index (χ2v) is 6.18. The van der Waals surface area contributed by atoms with E-state index >= 15 is 0 Å². The summed E-state index contributed by atoms with van der Waals surface area (Å²) in [6, 6.07) is 14.8. The van der Waals surface area contributed by atoms with Gasteiger partial charge in [0.1, 0.15) is 12.1 Å². The molecule has 0 bridgehead atoms. The van der Waals surface area contributed by atoms with E-state index in [0.29, 0.717) is 5.75 Å². The minimum Gasteiger partial charge on any atom is -0.496 e. The lowest BCUT2D eigenvalue weighted by atomic mass is 10.1. The minimum atomic E-state index is -0.861. The van der Waals surface area contributed by atoms with Crippen LogP contribution < -0.4 is 10.1 Å². The van der Waals surface area contributed by atoms with Crippen LogP contribution in [0.3, 0.4) is 0 Å². The molecule has 154 valence electrons. The average molecular weight is 409 g/mol. The van der Waals surface area contributed by atoms with Crippen molar-refractivity contribution in [3.05, 3.63) is 72.1 Å². The van der Waals surface area contributed by atoms with Gasteiger partial charge in [-0.05, 0) is 28.1 Å². The van der Waals surface area contributed by atoms with Gasteiger partial charge < -0.3 is 9.47 Å². The van der Waals surface area contributed by atoms with Crippen molar-refractivity contribution in [1.29, 1.82) is 0 Å². The molecule has 2 amide bonds. The fraction of sp³-hybridized carbons (Fsp3) is 0.200. The quantitative estimate of drug-likeness (QED) is 0.546. The van der Waals surface area contributed by atoms with Gasteiger partial charge in [0, 0.05) is 6.42 Å². The monoisotopic (exact) mass is 409 g/mol. The molecule has 0 unspecified atom stereocenters. The van der Waals surface area contributed by atoms with Gasteiger partial charge >= 0.3 is 5.97 Å². The van der Waals surface area contributed by atoms with E-state index < -0.39 is 30.4 Å². The number of rotatable bonds is 8. The summed E-state index contributed by atoms with van der Waals surface area (Å²) in [5, 5.41) is 13.0. The Bertz CT molecular complexity index is 1010. The maximum absolute atomic E-state index is 12.6. The van der Waals surface area contributed by atoms with Crippen LogP contribution in [-0.4, -0.2) is 51.7 Å². The summed E-state index contributed by atoms with van der Waals surface area (Å²) < 4.78 is 11.5. The van der Waals surface area contributed by atoms with E-state index in [2.05, 4.69) is 20.8 Å². The lowest BCUT2D eigenvalue weighted by Crippen LogP contribution is -2.35. The first kappa shape index (κ1) is 20.6. The molecule has 1 aromatic heterocycles. The predicted molar refractivity (Wildman–Crippen MR) is 103 cm³/mol. The average Bonchev–Trinajstić information content (AvgIpc) is 3.31. The summed E-state index contributed by atoms with van der Waals surface area (Å²) in [7, 11) is 1.42. The number of aromatic nitrogens is 4. The van der Waals surface area contributed by atoms with Gasteiger partial charge in [-0.15, -0.1) is 5.10 Å². The molecular weight excluding hydrogens is 390 g/mol. The number of carbonyl (C=O) groups is 3. The molecule has 2 aromatic carbocycles. The van der Waals surface area contributed by atoms with Crippen LogP contribution in [0.1, 0.15) is 22.0 Å². The third-order valence-corrected chi connectivity index (χ3v) is 4.18. The lowest BCUT2D eigenvalue weighted by Gasteiger charge is -2.15. The minimum absolute atomic E-state index is 0.190. The molecule has 1 atom stereocenters. The highest BCUT2D eigenvalue weighted by atomic mass is 16.5. The predicted octanol–water partition coefficient (Wildman–Crippen LogP) is 0.965. The lowest BCUT2D eigenvalue weighted by molar-refractivity contribution is -0.152. The van der Waals surface area contributed by atoms with Crippen LogP contribution in [0, 0.1) is 0 Å². The van der Waals surface area contributed by atoms with E-state index in [9.17, 15) is 14.4 Å². The van der Waals surface area contributed by atoms with Crippen molar-refractivity contribution in [2.45, 2.75) is 12.5 Å². The highest BCUT2D eigenvalue weighted by Crippen LogP contribution is 2.17. The molecule has 0 aliphatic rings. The molecular formula is C20H19N5O5. The van der Waals surface area contributed by atoms with E-state index in [1.807, 2.05) is 30.3 Å². The van der Waals surface area contributed by atoms with Gasteiger partial charge in [-0.25, -0.2) is 9.48 Å². The highest BCUT2D eigenvalue weighted by molar-refractivity contribution is 6.06. The fourth-order valence-corrected chi connectivity index (χ4v) is 2.73. The van der Waals surface area contributed by atoms with Crippen molar-refractivity contribution < 1.29 is 23.9 Å². The summed E-state index contributed by atoms with van der Waals surface area (Å²) >= 11 is 0. The van der Waals surface area contributed by atoms with E-state index in [1.54, 1.807) is 18.2 Å². The smallest absolute Gasteiger partial charge is 0.331 e. The first-order valence-corrected chi connectivity index (χ1v) is 8.98. The fourth-order valence-electron chi connectivity index (χ4n) is 2.73. The van der Waals surface area contributed by atoms with E-state index in [1.165, 1.54) is 24.2 Å². The molecule has 1 heterocycles. The summed E-state index contributed by atoms with van der Waals surface area (Å²) in [6.07, 6.45) is 1.56. The molecule has 10 nitrogen and oxygen atoms in total. The van der Waals surface area contributed by atoms with Crippen molar-refractivity contribution >= 4 is 17.8 Å². The Hall–Kier alpha value is -4.08. The third kappa shape index (κ3) is 5.25. The Kier molecular flexibility index (Phi) is 6.83. The molecule has 0 radical (unpaired) electrons. The van der Waals surface area contributed by atoms with Gasteiger partial charge in [-0.1, -0.05) is 42.5 Å². The molecule has 3 aromatic rings. The maximum atomic E-state index is 12.6. The Morgan fingerprint density at radius 3 is 2.50 bits per heavy atom. The van der Waals surface area contributed by atoms with E-state index in [-0.39, 0.29) is 12.0 Å². The molecule has 0 spiro atoms. The van der Waals surface area contributed by atoms with Crippen molar-refractivity contribution in [2.75, 3.05) is 13.7 Å². The summed E-state index contributed by atoms with van der Waals surface area (Å²) in [5.41, 5.74) is 1.06. The largest absolute Gasteiger partial charge is 0.496 e. The third-order valence-electron chi connectivity index (χ3n) is 4.18. The number of imide groups is 1. The second-order valence-electron chi connectivity index (χ2n) is 6.18. The Labute approximate surface area is 171 Å². The SMILES string of the molecule is COc1ccccc1C(=O)NC(=O)COC(=O)[C@H](Cc1ccccc1)n1cnnn1. The second kappa shape index (κ2) is 9.92. The highest BCUT2D eigenvalue weighted by Gasteiger charge is 2.25. The van der Waals surface area contributed by atoms with Gasteiger partial charge in [-0.3, -0.25) is 14.9 Å². The zero-order chi connectivity index (χ0) is 21.3. The molecule has 0 saturated carbocycles. The summed E-state index contributed by atoms with van der Waals surface area (Å²) in [5.74, 6) is -1.81. The van der Waals surface area contributed by atoms with Crippen LogP contribution in [0.25, 0.3) is 0 Å². The zero-order valence-corrected chi connectivity index (χ0v) is 16.1. The Balaban J connectivity index is 1.60. The molecule has 0 aliphatic heterocycles. The number of nitrogens with one attached hydrogen (secondary N) is 1. The van der Waals surface area contributed by atoms with Gasteiger partial charge in [-0.2, -0.15) is 0 Å².